The normalized spacial score (nSPS) is 17.8. The third kappa shape index (κ3) is 7.25. The monoisotopic (exact) mass is 321 g/mol. The summed E-state index contributed by atoms with van der Waals surface area (Å²) in [4.78, 5) is 26.4. The molecule has 0 aromatic rings. The van der Waals surface area contributed by atoms with Gasteiger partial charge in [-0.1, -0.05) is 5.16 Å². The molecule has 0 aromatic carbocycles. The standard InChI is InChI=1S/C15H23N5O3/c1-3-19-23-11-7-13(18-12-16)4-8-17-14-5-9-20(10-6-14)15(21)22-2/h3-4,7-8,11-12,14H,5-6,9-10H2,1-2H3,(H2,16,18)/b11-7+,13-4?,17-8?,19-3+. The first-order valence-corrected chi connectivity index (χ1v) is 7.32. The highest BCUT2D eigenvalue weighted by Crippen LogP contribution is 2.14. The first-order valence-electron chi connectivity index (χ1n) is 7.32. The van der Waals surface area contributed by atoms with E-state index in [0.717, 1.165) is 12.8 Å². The minimum atomic E-state index is -0.285. The Morgan fingerprint density at radius 2 is 2.09 bits per heavy atom. The fourth-order valence-electron chi connectivity index (χ4n) is 1.99. The van der Waals surface area contributed by atoms with Crippen molar-refractivity contribution in [1.29, 1.82) is 0 Å². The van der Waals surface area contributed by atoms with Crippen LogP contribution in [0.15, 0.2) is 39.3 Å². The summed E-state index contributed by atoms with van der Waals surface area (Å²) in [5, 5.41) is 3.59. The summed E-state index contributed by atoms with van der Waals surface area (Å²) in [7, 11) is 1.39. The van der Waals surface area contributed by atoms with Gasteiger partial charge in [-0.25, -0.2) is 9.79 Å². The van der Waals surface area contributed by atoms with Gasteiger partial charge < -0.3 is 20.2 Å². The molecule has 0 bridgehead atoms. The number of likely N-dealkylation sites (tertiary alicyclic amines) is 1. The molecule has 1 amide bonds. The van der Waals surface area contributed by atoms with Gasteiger partial charge in [0.1, 0.15) is 6.26 Å². The van der Waals surface area contributed by atoms with Crippen molar-refractivity contribution in [2.75, 3.05) is 20.2 Å². The van der Waals surface area contributed by atoms with Crippen molar-refractivity contribution in [2.45, 2.75) is 25.8 Å². The first kappa shape index (κ1) is 18.4. The predicted molar refractivity (Wildman–Crippen MR) is 90.6 cm³/mol. The Morgan fingerprint density at radius 1 is 1.35 bits per heavy atom. The van der Waals surface area contributed by atoms with Crippen LogP contribution in [0, 0.1) is 0 Å². The van der Waals surface area contributed by atoms with Crippen LogP contribution in [0.5, 0.6) is 0 Å². The zero-order valence-electron chi connectivity index (χ0n) is 13.5. The molecule has 0 atom stereocenters. The number of piperidine rings is 1. The summed E-state index contributed by atoms with van der Waals surface area (Å²) in [6, 6.07) is 0.181. The van der Waals surface area contributed by atoms with Gasteiger partial charge in [0.15, 0.2) is 0 Å². The summed E-state index contributed by atoms with van der Waals surface area (Å²) in [5.41, 5.74) is 5.89. The fourth-order valence-corrected chi connectivity index (χ4v) is 1.99. The molecule has 2 N–H and O–H groups in total. The molecule has 0 saturated carbocycles. The van der Waals surface area contributed by atoms with E-state index in [0.29, 0.717) is 18.8 Å². The topological polar surface area (TPSA) is 102 Å². The first-order chi connectivity index (χ1) is 11.2. The highest BCUT2D eigenvalue weighted by Gasteiger charge is 2.22. The molecule has 0 aromatic heterocycles. The molecule has 1 rings (SSSR count). The second-order valence-corrected chi connectivity index (χ2v) is 4.63. The average Bonchev–Trinajstić information content (AvgIpc) is 2.58. The summed E-state index contributed by atoms with van der Waals surface area (Å²) in [5.74, 6) is 0. The highest BCUT2D eigenvalue weighted by atomic mass is 16.6. The molecule has 0 radical (unpaired) electrons. The Labute approximate surface area is 136 Å². The number of carbonyl (C=O) groups is 1. The fraction of sp³-hybridized carbons (Fsp3) is 0.467. The molecule has 1 fully saturated rings. The van der Waals surface area contributed by atoms with Crippen LogP contribution in [0.4, 0.5) is 4.79 Å². The lowest BCUT2D eigenvalue weighted by Gasteiger charge is -2.28. The molecule has 1 aliphatic rings. The average molecular weight is 321 g/mol. The lowest BCUT2D eigenvalue weighted by atomic mass is 10.1. The van der Waals surface area contributed by atoms with Crippen molar-refractivity contribution in [3.63, 3.8) is 0 Å². The number of amides is 1. The van der Waals surface area contributed by atoms with Crippen LogP contribution in [-0.4, -0.2) is 56.0 Å². The number of rotatable bonds is 6. The number of nitrogens with zero attached hydrogens (tertiary/aromatic N) is 4. The number of methoxy groups -OCH3 is 1. The SMILES string of the molecule is C/C=N/O/C=C/C(=CC=NC1CCN(C(=O)OC)CC1)N=CN. The van der Waals surface area contributed by atoms with E-state index in [2.05, 4.69) is 15.1 Å². The molecule has 23 heavy (non-hydrogen) atoms. The number of ether oxygens (including phenoxy) is 1. The van der Waals surface area contributed by atoms with Crippen LogP contribution < -0.4 is 5.73 Å². The maximum absolute atomic E-state index is 11.4. The number of hydrogen-bond donors (Lipinski definition) is 1. The van der Waals surface area contributed by atoms with E-state index in [-0.39, 0.29) is 12.1 Å². The van der Waals surface area contributed by atoms with Crippen LogP contribution in [0.25, 0.3) is 0 Å². The summed E-state index contributed by atoms with van der Waals surface area (Å²) >= 11 is 0. The molecule has 0 spiro atoms. The molecular formula is C15H23N5O3. The van der Waals surface area contributed by atoms with Gasteiger partial charge in [0.25, 0.3) is 0 Å². The van der Waals surface area contributed by atoms with Crippen molar-refractivity contribution in [3.8, 4) is 0 Å². The van der Waals surface area contributed by atoms with Gasteiger partial charge in [0.2, 0.25) is 0 Å². The minimum Gasteiger partial charge on any atom is -0.453 e. The van der Waals surface area contributed by atoms with E-state index in [1.807, 2.05) is 0 Å². The number of hydrogen-bond acceptors (Lipinski definition) is 6. The third-order valence-electron chi connectivity index (χ3n) is 3.13. The van der Waals surface area contributed by atoms with E-state index < -0.39 is 0 Å². The number of carbonyl (C=O) groups excluding carboxylic acids is 1. The zero-order chi connectivity index (χ0) is 16.9. The van der Waals surface area contributed by atoms with Crippen molar-refractivity contribution in [2.24, 2.45) is 20.9 Å². The number of nitrogens with two attached hydrogens (primary N) is 1. The Bertz CT molecular complexity index is 503. The van der Waals surface area contributed by atoms with Crippen molar-refractivity contribution >= 4 is 24.9 Å². The Balaban J connectivity index is 2.51. The van der Waals surface area contributed by atoms with E-state index >= 15 is 0 Å². The van der Waals surface area contributed by atoms with Crippen molar-refractivity contribution in [1.82, 2.24) is 4.90 Å². The zero-order valence-corrected chi connectivity index (χ0v) is 13.5. The van der Waals surface area contributed by atoms with E-state index in [9.17, 15) is 4.79 Å². The van der Waals surface area contributed by atoms with Crippen LogP contribution >= 0.6 is 0 Å². The van der Waals surface area contributed by atoms with Gasteiger partial charge in [0.05, 0.1) is 25.2 Å². The maximum Gasteiger partial charge on any atom is 0.409 e. The second-order valence-electron chi connectivity index (χ2n) is 4.63. The lowest BCUT2D eigenvalue weighted by molar-refractivity contribution is 0.113. The molecule has 8 heteroatoms. The van der Waals surface area contributed by atoms with Crippen LogP contribution in [-0.2, 0) is 9.57 Å². The van der Waals surface area contributed by atoms with Gasteiger partial charge >= 0.3 is 6.09 Å². The van der Waals surface area contributed by atoms with E-state index in [4.69, 9.17) is 15.3 Å². The van der Waals surface area contributed by atoms with Gasteiger partial charge in [-0.15, -0.1) is 0 Å². The summed E-state index contributed by atoms with van der Waals surface area (Å²) in [6.45, 7) is 3.05. The van der Waals surface area contributed by atoms with Gasteiger partial charge in [-0.2, -0.15) is 0 Å². The van der Waals surface area contributed by atoms with Gasteiger partial charge in [-0.05, 0) is 25.8 Å². The molecule has 1 aliphatic heterocycles. The number of aliphatic imine (C=N–C) groups is 2. The molecular weight excluding hydrogens is 298 g/mol. The summed E-state index contributed by atoms with van der Waals surface area (Å²) in [6.07, 6.45) is 10.5. The predicted octanol–water partition coefficient (Wildman–Crippen LogP) is 1.69. The quantitative estimate of drug-likeness (QED) is 0.264. The van der Waals surface area contributed by atoms with Crippen LogP contribution in [0.3, 0.4) is 0 Å². The van der Waals surface area contributed by atoms with Crippen molar-refractivity contribution < 1.29 is 14.4 Å². The van der Waals surface area contributed by atoms with E-state index in [1.165, 1.54) is 25.9 Å². The molecule has 8 nitrogen and oxygen atoms in total. The smallest absolute Gasteiger partial charge is 0.409 e. The maximum atomic E-state index is 11.4. The van der Waals surface area contributed by atoms with Crippen LogP contribution in [0.1, 0.15) is 19.8 Å². The number of oxime groups is 1. The molecule has 0 unspecified atom stereocenters. The highest BCUT2D eigenvalue weighted by molar-refractivity contribution is 5.74. The van der Waals surface area contributed by atoms with Gasteiger partial charge in [0, 0.05) is 31.6 Å². The number of allylic oxidation sites excluding steroid dienone is 2. The Morgan fingerprint density at radius 3 is 2.70 bits per heavy atom. The summed E-state index contributed by atoms with van der Waals surface area (Å²) < 4.78 is 4.70. The Hall–Kier alpha value is -2.64. The van der Waals surface area contributed by atoms with Crippen molar-refractivity contribution in [3.05, 3.63) is 24.1 Å². The largest absolute Gasteiger partial charge is 0.453 e. The molecule has 126 valence electrons. The lowest BCUT2D eigenvalue weighted by Crippen LogP contribution is -2.39. The molecule has 1 saturated heterocycles. The third-order valence-corrected chi connectivity index (χ3v) is 3.13. The molecule has 1 heterocycles. The van der Waals surface area contributed by atoms with Gasteiger partial charge in [-0.3, -0.25) is 4.99 Å². The second kappa shape index (κ2) is 11.0. The van der Waals surface area contributed by atoms with Crippen LogP contribution in [0.2, 0.25) is 0 Å². The molecule has 0 aliphatic carbocycles. The Kier molecular flexibility index (Phi) is 8.80. The van der Waals surface area contributed by atoms with E-state index in [1.54, 1.807) is 30.2 Å². The minimum absolute atomic E-state index is 0.181.